The first kappa shape index (κ1) is 12.7. The molecule has 0 saturated heterocycles. The van der Waals surface area contributed by atoms with Crippen molar-refractivity contribution in [2.45, 2.75) is 13.0 Å². The second-order valence-electron chi connectivity index (χ2n) is 5.14. The Morgan fingerprint density at radius 1 is 1.20 bits per heavy atom. The molecule has 20 heavy (non-hydrogen) atoms. The molecule has 0 radical (unpaired) electrons. The van der Waals surface area contributed by atoms with Gasteiger partial charge in [0.15, 0.2) is 5.78 Å². The molecule has 1 unspecified atom stereocenters. The van der Waals surface area contributed by atoms with Crippen LogP contribution in [-0.4, -0.2) is 19.4 Å². The maximum atomic E-state index is 11.5. The summed E-state index contributed by atoms with van der Waals surface area (Å²) in [6, 6.07) is 15.8. The van der Waals surface area contributed by atoms with Gasteiger partial charge in [-0.1, -0.05) is 30.3 Å². The SMILES string of the molecule is CC(=O)c1ccc2c(c1)OC(c1ccccc1)CN2C. The van der Waals surface area contributed by atoms with Gasteiger partial charge in [-0.15, -0.1) is 0 Å². The third-order valence-corrected chi connectivity index (χ3v) is 3.66. The minimum atomic E-state index is -0.00379. The summed E-state index contributed by atoms with van der Waals surface area (Å²) in [5.74, 6) is 0.834. The lowest BCUT2D eigenvalue weighted by molar-refractivity contribution is 0.101. The fourth-order valence-corrected chi connectivity index (χ4v) is 2.52. The van der Waals surface area contributed by atoms with Crippen LogP contribution in [0.15, 0.2) is 48.5 Å². The predicted octanol–water partition coefficient (Wildman–Crippen LogP) is 3.46. The number of anilines is 1. The molecule has 0 N–H and O–H groups in total. The van der Waals surface area contributed by atoms with Gasteiger partial charge in [0.25, 0.3) is 0 Å². The highest BCUT2D eigenvalue weighted by Gasteiger charge is 2.25. The molecule has 102 valence electrons. The monoisotopic (exact) mass is 267 g/mol. The van der Waals surface area contributed by atoms with Gasteiger partial charge in [-0.25, -0.2) is 0 Å². The fraction of sp³-hybridized carbons (Fsp3) is 0.235. The first-order valence-corrected chi connectivity index (χ1v) is 6.73. The summed E-state index contributed by atoms with van der Waals surface area (Å²) in [5.41, 5.74) is 2.87. The average molecular weight is 267 g/mol. The van der Waals surface area contributed by atoms with E-state index >= 15 is 0 Å². The van der Waals surface area contributed by atoms with Gasteiger partial charge in [-0.3, -0.25) is 4.79 Å². The van der Waals surface area contributed by atoms with E-state index in [2.05, 4.69) is 17.0 Å². The van der Waals surface area contributed by atoms with Crippen LogP contribution in [0.5, 0.6) is 5.75 Å². The maximum absolute atomic E-state index is 11.5. The number of hydrogen-bond acceptors (Lipinski definition) is 3. The van der Waals surface area contributed by atoms with Crippen LogP contribution < -0.4 is 9.64 Å². The molecular weight excluding hydrogens is 250 g/mol. The number of likely N-dealkylation sites (N-methyl/N-ethyl adjacent to an activating group) is 1. The van der Waals surface area contributed by atoms with E-state index in [0.717, 1.165) is 23.5 Å². The number of rotatable bonds is 2. The first-order valence-electron chi connectivity index (χ1n) is 6.73. The third kappa shape index (κ3) is 2.27. The van der Waals surface area contributed by atoms with Gasteiger partial charge in [0, 0.05) is 12.6 Å². The molecule has 3 rings (SSSR count). The number of Topliss-reactive ketones (excluding diaryl/α,β-unsaturated/α-hetero) is 1. The lowest BCUT2D eigenvalue weighted by Gasteiger charge is -2.34. The lowest BCUT2D eigenvalue weighted by atomic mass is 10.0. The molecule has 0 saturated carbocycles. The van der Waals surface area contributed by atoms with E-state index < -0.39 is 0 Å². The smallest absolute Gasteiger partial charge is 0.159 e. The molecular formula is C17H17NO2. The largest absolute Gasteiger partial charge is 0.482 e. The van der Waals surface area contributed by atoms with Crippen molar-refractivity contribution >= 4 is 11.5 Å². The van der Waals surface area contributed by atoms with Crippen molar-refractivity contribution in [3.63, 3.8) is 0 Å². The van der Waals surface area contributed by atoms with Crippen molar-refractivity contribution in [3.05, 3.63) is 59.7 Å². The van der Waals surface area contributed by atoms with Crippen molar-refractivity contribution in [1.29, 1.82) is 0 Å². The predicted molar refractivity (Wildman–Crippen MR) is 79.5 cm³/mol. The van der Waals surface area contributed by atoms with Crippen molar-refractivity contribution in [1.82, 2.24) is 0 Å². The van der Waals surface area contributed by atoms with E-state index in [4.69, 9.17) is 4.74 Å². The molecule has 0 spiro atoms. The average Bonchev–Trinajstić information content (AvgIpc) is 2.47. The minimum absolute atomic E-state index is 0.00379. The van der Waals surface area contributed by atoms with Crippen LogP contribution in [0.25, 0.3) is 0 Å². The van der Waals surface area contributed by atoms with Gasteiger partial charge >= 0.3 is 0 Å². The summed E-state index contributed by atoms with van der Waals surface area (Å²) in [7, 11) is 2.05. The summed E-state index contributed by atoms with van der Waals surface area (Å²) in [4.78, 5) is 13.7. The Morgan fingerprint density at radius 2 is 1.95 bits per heavy atom. The molecule has 3 nitrogen and oxygen atoms in total. The van der Waals surface area contributed by atoms with E-state index in [1.807, 2.05) is 43.4 Å². The molecule has 2 aromatic carbocycles. The quantitative estimate of drug-likeness (QED) is 0.780. The highest BCUT2D eigenvalue weighted by molar-refractivity contribution is 5.95. The second kappa shape index (κ2) is 5.00. The van der Waals surface area contributed by atoms with Gasteiger partial charge in [0.2, 0.25) is 0 Å². The second-order valence-corrected chi connectivity index (χ2v) is 5.14. The molecule has 1 atom stereocenters. The van der Waals surface area contributed by atoms with E-state index in [0.29, 0.717) is 5.56 Å². The molecule has 1 heterocycles. The molecule has 0 aliphatic carbocycles. The number of carbonyl (C=O) groups is 1. The van der Waals surface area contributed by atoms with Crippen LogP contribution in [0.3, 0.4) is 0 Å². The minimum Gasteiger partial charge on any atom is -0.482 e. The molecule has 0 bridgehead atoms. The Labute approximate surface area is 118 Å². The standard InChI is InChI=1S/C17H17NO2/c1-12(19)14-8-9-15-16(10-14)20-17(11-18(15)2)13-6-4-3-5-7-13/h3-10,17H,11H2,1-2H3. The van der Waals surface area contributed by atoms with E-state index in [1.54, 1.807) is 6.92 Å². The van der Waals surface area contributed by atoms with Gasteiger partial charge < -0.3 is 9.64 Å². The maximum Gasteiger partial charge on any atom is 0.159 e. The van der Waals surface area contributed by atoms with E-state index in [9.17, 15) is 4.79 Å². The van der Waals surface area contributed by atoms with Gasteiger partial charge in [-0.2, -0.15) is 0 Å². The number of hydrogen-bond donors (Lipinski definition) is 0. The van der Waals surface area contributed by atoms with Crippen LogP contribution in [0.1, 0.15) is 28.9 Å². The molecule has 0 amide bonds. The number of carbonyl (C=O) groups excluding carboxylic acids is 1. The van der Waals surface area contributed by atoms with Crippen molar-refractivity contribution in [3.8, 4) is 5.75 Å². The Morgan fingerprint density at radius 3 is 2.65 bits per heavy atom. The summed E-state index contributed by atoms with van der Waals surface area (Å²) >= 11 is 0. The Bertz CT molecular complexity index is 637. The number of fused-ring (bicyclic) bond motifs is 1. The van der Waals surface area contributed by atoms with Gasteiger partial charge in [0.1, 0.15) is 11.9 Å². The first-order chi connectivity index (χ1) is 9.65. The number of ether oxygens (including phenoxy) is 1. The number of benzene rings is 2. The van der Waals surface area contributed by atoms with E-state index in [-0.39, 0.29) is 11.9 Å². The molecule has 0 fully saturated rings. The highest BCUT2D eigenvalue weighted by Crippen LogP contribution is 2.37. The van der Waals surface area contributed by atoms with Crippen molar-refractivity contribution in [2.75, 3.05) is 18.5 Å². The van der Waals surface area contributed by atoms with Crippen LogP contribution in [0.2, 0.25) is 0 Å². The molecule has 1 aliphatic rings. The van der Waals surface area contributed by atoms with Crippen LogP contribution >= 0.6 is 0 Å². The molecule has 3 heteroatoms. The Balaban J connectivity index is 1.96. The normalized spacial score (nSPS) is 17.3. The van der Waals surface area contributed by atoms with Crippen molar-refractivity contribution < 1.29 is 9.53 Å². The fourth-order valence-electron chi connectivity index (χ4n) is 2.52. The number of ketones is 1. The zero-order chi connectivity index (χ0) is 14.1. The summed E-state index contributed by atoms with van der Waals surface area (Å²) in [6.45, 7) is 2.37. The van der Waals surface area contributed by atoms with Crippen LogP contribution in [0.4, 0.5) is 5.69 Å². The summed E-state index contributed by atoms with van der Waals surface area (Å²) in [6.07, 6.45) is -0.00379. The summed E-state index contributed by atoms with van der Waals surface area (Å²) in [5, 5.41) is 0. The zero-order valence-electron chi connectivity index (χ0n) is 11.7. The third-order valence-electron chi connectivity index (χ3n) is 3.66. The van der Waals surface area contributed by atoms with Crippen LogP contribution in [-0.2, 0) is 0 Å². The van der Waals surface area contributed by atoms with Crippen LogP contribution in [0, 0.1) is 0 Å². The van der Waals surface area contributed by atoms with Gasteiger partial charge in [-0.05, 0) is 30.7 Å². The lowest BCUT2D eigenvalue weighted by Crippen LogP contribution is -2.32. The summed E-state index contributed by atoms with van der Waals surface area (Å²) < 4.78 is 6.09. The topological polar surface area (TPSA) is 29.5 Å². The Hall–Kier alpha value is -2.29. The molecule has 0 aromatic heterocycles. The Kier molecular flexibility index (Phi) is 3.18. The molecule has 1 aliphatic heterocycles. The zero-order valence-corrected chi connectivity index (χ0v) is 11.7. The number of nitrogens with zero attached hydrogens (tertiary/aromatic N) is 1. The van der Waals surface area contributed by atoms with Gasteiger partial charge in [0.05, 0.1) is 12.2 Å². The molecule has 2 aromatic rings. The van der Waals surface area contributed by atoms with Crippen molar-refractivity contribution in [2.24, 2.45) is 0 Å². The van der Waals surface area contributed by atoms with E-state index in [1.165, 1.54) is 0 Å². The highest BCUT2D eigenvalue weighted by atomic mass is 16.5.